The number of aromatic nitrogens is 3. The number of hydrogen-bond acceptors (Lipinski definition) is 6. The van der Waals surface area contributed by atoms with E-state index in [2.05, 4.69) is 20.7 Å². The quantitative estimate of drug-likeness (QED) is 0.554. The lowest BCUT2D eigenvalue weighted by Gasteiger charge is -2.26. The topological polar surface area (TPSA) is 101 Å². The maximum Gasteiger partial charge on any atom is 0.255 e. The van der Waals surface area contributed by atoms with Gasteiger partial charge in [-0.1, -0.05) is 30.3 Å². The average molecular weight is 409 g/mol. The predicted octanol–water partition coefficient (Wildman–Crippen LogP) is 2.51. The highest BCUT2D eigenvalue weighted by Gasteiger charge is 2.23. The summed E-state index contributed by atoms with van der Waals surface area (Å²) in [6, 6.07) is 9.04. The smallest absolute Gasteiger partial charge is 0.255 e. The average Bonchev–Trinajstić information content (AvgIpc) is 3.22. The normalized spacial score (nSPS) is 17.6. The molecule has 3 aromatic rings. The van der Waals surface area contributed by atoms with Crippen LogP contribution in [-0.2, 0) is 11.3 Å². The number of fused-ring (bicyclic) bond motifs is 1. The Labute approximate surface area is 175 Å². The first-order chi connectivity index (χ1) is 14.7. The van der Waals surface area contributed by atoms with Gasteiger partial charge in [-0.2, -0.15) is 5.10 Å². The van der Waals surface area contributed by atoms with Gasteiger partial charge < -0.3 is 20.5 Å². The number of anilines is 1. The van der Waals surface area contributed by atoms with Crippen LogP contribution in [0, 0.1) is 0 Å². The molecule has 0 spiro atoms. The molecule has 158 valence electrons. The van der Waals surface area contributed by atoms with Gasteiger partial charge in [0.1, 0.15) is 0 Å². The van der Waals surface area contributed by atoms with E-state index in [1.807, 2.05) is 37.3 Å². The molecule has 0 radical (unpaired) electrons. The Morgan fingerprint density at radius 3 is 2.87 bits per heavy atom. The van der Waals surface area contributed by atoms with Crippen molar-refractivity contribution in [2.75, 3.05) is 25.1 Å². The number of ether oxygens (including phenoxy) is 1. The van der Waals surface area contributed by atoms with Gasteiger partial charge in [-0.15, -0.1) is 0 Å². The number of nitrogens with zero attached hydrogens (tertiary/aromatic N) is 3. The summed E-state index contributed by atoms with van der Waals surface area (Å²) in [6.45, 7) is 3.85. The summed E-state index contributed by atoms with van der Waals surface area (Å²) in [5.74, 6) is -0.296. The van der Waals surface area contributed by atoms with E-state index in [0.29, 0.717) is 24.4 Å². The summed E-state index contributed by atoms with van der Waals surface area (Å²) in [5, 5.41) is 21.5. The molecule has 2 aromatic heterocycles. The Hall–Kier alpha value is -2.97. The maximum atomic E-state index is 13.2. The molecule has 1 saturated heterocycles. The van der Waals surface area contributed by atoms with E-state index in [0.717, 1.165) is 36.0 Å². The number of carbonyl (C=O) groups excluding carboxylic acids is 1. The molecular weight excluding hydrogens is 382 g/mol. The molecule has 2 atom stereocenters. The van der Waals surface area contributed by atoms with E-state index in [-0.39, 0.29) is 18.6 Å². The number of aliphatic hydroxyl groups excluding tert-OH is 1. The van der Waals surface area contributed by atoms with Crippen molar-refractivity contribution in [2.45, 2.75) is 38.4 Å². The molecule has 8 nitrogen and oxygen atoms in total. The van der Waals surface area contributed by atoms with E-state index in [9.17, 15) is 9.90 Å². The molecule has 30 heavy (non-hydrogen) atoms. The van der Waals surface area contributed by atoms with Gasteiger partial charge in [0, 0.05) is 25.4 Å². The van der Waals surface area contributed by atoms with E-state index in [1.54, 1.807) is 17.1 Å². The van der Waals surface area contributed by atoms with Crippen molar-refractivity contribution < 1.29 is 14.6 Å². The number of rotatable bonds is 7. The number of nitrogens with one attached hydrogen (secondary N) is 2. The number of benzene rings is 1. The van der Waals surface area contributed by atoms with Crippen molar-refractivity contribution in [3.8, 4) is 0 Å². The first-order valence-electron chi connectivity index (χ1n) is 10.4. The fourth-order valence-corrected chi connectivity index (χ4v) is 3.80. The van der Waals surface area contributed by atoms with Crippen LogP contribution in [0.15, 0.2) is 42.7 Å². The minimum atomic E-state index is -0.501. The SMILES string of the molecule is CCn1ncc2c(NC3CCCOC3)c(C(=O)N[C@H](CO)c3ccccc3)cnc21. The van der Waals surface area contributed by atoms with Crippen LogP contribution < -0.4 is 10.6 Å². The number of aliphatic hydroxyl groups is 1. The van der Waals surface area contributed by atoms with Gasteiger partial charge in [0.25, 0.3) is 5.91 Å². The van der Waals surface area contributed by atoms with E-state index in [1.165, 1.54) is 0 Å². The number of hydrogen-bond donors (Lipinski definition) is 3. The molecule has 1 aromatic carbocycles. The second-order valence-corrected chi connectivity index (χ2v) is 7.42. The third-order valence-corrected chi connectivity index (χ3v) is 5.41. The third kappa shape index (κ3) is 4.15. The number of aryl methyl sites for hydroxylation is 1. The largest absolute Gasteiger partial charge is 0.394 e. The van der Waals surface area contributed by atoms with Gasteiger partial charge >= 0.3 is 0 Å². The maximum absolute atomic E-state index is 13.2. The highest BCUT2D eigenvalue weighted by atomic mass is 16.5. The van der Waals surface area contributed by atoms with Gasteiger partial charge in [0.15, 0.2) is 5.65 Å². The summed E-state index contributed by atoms with van der Waals surface area (Å²) in [5.41, 5.74) is 2.71. The molecule has 1 fully saturated rings. The highest BCUT2D eigenvalue weighted by Crippen LogP contribution is 2.28. The van der Waals surface area contributed by atoms with Crippen LogP contribution >= 0.6 is 0 Å². The van der Waals surface area contributed by atoms with Crippen LogP contribution in [0.2, 0.25) is 0 Å². The van der Waals surface area contributed by atoms with Gasteiger partial charge in [-0.3, -0.25) is 4.79 Å². The summed E-state index contributed by atoms with van der Waals surface area (Å²) in [6.07, 6.45) is 5.27. The van der Waals surface area contributed by atoms with Crippen LogP contribution in [0.25, 0.3) is 11.0 Å². The summed E-state index contributed by atoms with van der Waals surface area (Å²) in [7, 11) is 0. The Kier molecular flexibility index (Phi) is 6.25. The lowest BCUT2D eigenvalue weighted by atomic mass is 10.1. The minimum Gasteiger partial charge on any atom is -0.394 e. The summed E-state index contributed by atoms with van der Waals surface area (Å²) < 4.78 is 7.41. The molecule has 3 heterocycles. The van der Waals surface area contributed by atoms with Crippen LogP contribution in [-0.4, -0.2) is 51.6 Å². The zero-order valence-electron chi connectivity index (χ0n) is 17.0. The van der Waals surface area contributed by atoms with Gasteiger partial charge in [-0.25, -0.2) is 9.67 Å². The van der Waals surface area contributed by atoms with Crippen molar-refractivity contribution in [3.05, 3.63) is 53.9 Å². The first-order valence-corrected chi connectivity index (χ1v) is 10.4. The number of carbonyl (C=O) groups is 1. The molecule has 4 rings (SSSR count). The summed E-state index contributed by atoms with van der Waals surface area (Å²) in [4.78, 5) is 17.7. The monoisotopic (exact) mass is 409 g/mol. The van der Waals surface area contributed by atoms with Gasteiger partial charge in [0.2, 0.25) is 0 Å². The molecular formula is C22H27N5O3. The van der Waals surface area contributed by atoms with Crippen molar-refractivity contribution in [2.24, 2.45) is 0 Å². The number of pyridine rings is 1. The fourth-order valence-electron chi connectivity index (χ4n) is 3.80. The Morgan fingerprint density at radius 2 is 2.17 bits per heavy atom. The predicted molar refractivity (Wildman–Crippen MR) is 114 cm³/mol. The fraction of sp³-hybridized carbons (Fsp3) is 0.409. The Balaban J connectivity index is 1.67. The van der Waals surface area contributed by atoms with Crippen molar-refractivity contribution in [1.82, 2.24) is 20.1 Å². The highest BCUT2D eigenvalue weighted by molar-refractivity contribution is 6.06. The molecule has 1 amide bonds. The molecule has 1 aliphatic rings. The molecule has 0 aliphatic carbocycles. The van der Waals surface area contributed by atoms with Crippen molar-refractivity contribution in [3.63, 3.8) is 0 Å². The van der Waals surface area contributed by atoms with Crippen LogP contribution in [0.4, 0.5) is 5.69 Å². The van der Waals surface area contributed by atoms with Gasteiger partial charge in [0.05, 0.1) is 42.1 Å². The summed E-state index contributed by atoms with van der Waals surface area (Å²) >= 11 is 0. The van der Waals surface area contributed by atoms with Crippen LogP contribution in [0.5, 0.6) is 0 Å². The second kappa shape index (κ2) is 9.23. The minimum absolute atomic E-state index is 0.114. The Bertz CT molecular complexity index is 999. The van der Waals surface area contributed by atoms with Crippen molar-refractivity contribution >= 4 is 22.6 Å². The first kappa shape index (κ1) is 20.3. The lowest BCUT2D eigenvalue weighted by molar-refractivity contribution is 0.0872. The Morgan fingerprint density at radius 1 is 1.33 bits per heavy atom. The molecule has 1 unspecified atom stereocenters. The van der Waals surface area contributed by atoms with Crippen molar-refractivity contribution in [1.29, 1.82) is 0 Å². The van der Waals surface area contributed by atoms with Gasteiger partial charge in [-0.05, 0) is 25.3 Å². The van der Waals surface area contributed by atoms with E-state index < -0.39 is 6.04 Å². The lowest BCUT2D eigenvalue weighted by Crippen LogP contribution is -2.34. The zero-order valence-corrected chi connectivity index (χ0v) is 17.0. The standard InChI is InChI=1S/C22H27N5O3/c1-2-27-21-17(12-24-27)20(25-16-9-6-10-30-14-16)18(11-23-21)22(29)26-19(13-28)15-7-4-3-5-8-15/h3-5,7-8,11-12,16,19,28H,2,6,9-10,13-14H2,1H3,(H,23,25)(H,26,29)/t16?,19-/m1/s1. The molecule has 8 heteroatoms. The molecule has 1 aliphatic heterocycles. The second-order valence-electron chi connectivity index (χ2n) is 7.42. The van der Waals surface area contributed by atoms with Crippen LogP contribution in [0.1, 0.15) is 41.7 Å². The molecule has 0 saturated carbocycles. The van der Waals surface area contributed by atoms with E-state index >= 15 is 0 Å². The molecule has 0 bridgehead atoms. The third-order valence-electron chi connectivity index (χ3n) is 5.41. The molecule has 3 N–H and O–H groups in total. The number of amides is 1. The van der Waals surface area contributed by atoms with Crippen LogP contribution in [0.3, 0.4) is 0 Å². The van der Waals surface area contributed by atoms with E-state index in [4.69, 9.17) is 4.74 Å². The zero-order chi connectivity index (χ0) is 20.9.